The van der Waals surface area contributed by atoms with Crippen molar-refractivity contribution in [2.45, 2.75) is 19.5 Å². The van der Waals surface area contributed by atoms with Gasteiger partial charge in [0.25, 0.3) is 5.56 Å². The lowest BCUT2D eigenvalue weighted by molar-refractivity contribution is -0.123. The number of para-hydroxylation sites is 1. The first-order valence-electron chi connectivity index (χ1n) is 8.94. The van der Waals surface area contributed by atoms with E-state index in [0.29, 0.717) is 17.1 Å². The van der Waals surface area contributed by atoms with Crippen LogP contribution in [-0.4, -0.2) is 20.3 Å². The van der Waals surface area contributed by atoms with Gasteiger partial charge in [-0.1, -0.05) is 41.9 Å². The molecule has 142 valence electrons. The molecule has 7 heteroatoms. The van der Waals surface area contributed by atoms with Gasteiger partial charge in [0.05, 0.1) is 11.7 Å². The fourth-order valence-corrected chi connectivity index (χ4v) is 3.57. The van der Waals surface area contributed by atoms with Crippen molar-refractivity contribution in [1.29, 1.82) is 0 Å². The molecule has 0 aliphatic rings. The third-order valence-corrected chi connectivity index (χ3v) is 5.21. The largest absolute Gasteiger partial charge is 0.350 e. The number of halogens is 1. The summed E-state index contributed by atoms with van der Waals surface area (Å²) in [5.41, 5.74) is 2.03. The molecule has 0 saturated heterocycles. The molecule has 28 heavy (non-hydrogen) atoms. The third kappa shape index (κ3) is 3.05. The van der Waals surface area contributed by atoms with E-state index in [1.165, 1.54) is 4.68 Å². The smallest absolute Gasteiger partial charge is 0.291 e. The van der Waals surface area contributed by atoms with E-state index in [2.05, 4.69) is 10.4 Å². The van der Waals surface area contributed by atoms with Crippen molar-refractivity contribution in [3.63, 3.8) is 0 Å². The summed E-state index contributed by atoms with van der Waals surface area (Å²) in [4.78, 5) is 25.7. The fourth-order valence-electron chi connectivity index (χ4n) is 3.45. The van der Waals surface area contributed by atoms with Gasteiger partial charge in [0.15, 0.2) is 0 Å². The Bertz CT molecular complexity index is 1240. The summed E-state index contributed by atoms with van der Waals surface area (Å²) in [6.45, 7) is 2.18. The Balaban J connectivity index is 1.74. The van der Waals surface area contributed by atoms with E-state index in [1.807, 2.05) is 36.4 Å². The maximum atomic E-state index is 12.9. The van der Waals surface area contributed by atoms with Crippen molar-refractivity contribution in [2.24, 2.45) is 7.05 Å². The zero-order valence-electron chi connectivity index (χ0n) is 15.5. The van der Waals surface area contributed by atoms with Gasteiger partial charge in [0.2, 0.25) is 5.91 Å². The molecule has 0 radical (unpaired) electrons. The quantitative estimate of drug-likeness (QED) is 0.576. The van der Waals surface area contributed by atoms with Crippen molar-refractivity contribution < 1.29 is 4.79 Å². The summed E-state index contributed by atoms with van der Waals surface area (Å²) in [5, 5.41) is 9.38. The number of benzene rings is 2. The average molecular weight is 395 g/mol. The fraction of sp³-hybridized carbons (Fsp3) is 0.190. The standard InChI is InChI=1S/C21H19ClN4O2/c1-13(20(27)23-11-14-7-9-15(22)10-8-14)26-18-6-4-3-5-16(18)17-12-24-25(2)21(28)19(17)26/h3-10,12-13H,11H2,1-2H3,(H,23,27)/t13-/m0/s1. The van der Waals surface area contributed by atoms with Gasteiger partial charge in [-0.3, -0.25) is 9.59 Å². The molecule has 4 rings (SSSR count). The number of amides is 1. The summed E-state index contributed by atoms with van der Waals surface area (Å²) in [6, 6.07) is 14.4. The van der Waals surface area contributed by atoms with Crippen LogP contribution in [0.25, 0.3) is 21.8 Å². The molecule has 0 bridgehead atoms. The second-order valence-corrected chi connectivity index (χ2v) is 7.18. The van der Waals surface area contributed by atoms with Crippen LogP contribution in [0.2, 0.25) is 5.02 Å². The number of fused-ring (bicyclic) bond motifs is 3. The highest BCUT2D eigenvalue weighted by atomic mass is 35.5. The van der Waals surface area contributed by atoms with Crippen LogP contribution >= 0.6 is 11.6 Å². The molecule has 0 aliphatic heterocycles. The molecule has 6 nitrogen and oxygen atoms in total. The van der Waals surface area contributed by atoms with Gasteiger partial charge in [-0.05, 0) is 30.7 Å². The molecule has 0 unspecified atom stereocenters. The lowest BCUT2D eigenvalue weighted by atomic mass is 10.2. The molecule has 0 saturated carbocycles. The third-order valence-electron chi connectivity index (χ3n) is 4.95. The van der Waals surface area contributed by atoms with Crippen LogP contribution in [0, 0.1) is 0 Å². The summed E-state index contributed by atoms with van der Waals surface area (Å²) >= 11 is 5.90. The molecule has 1 amide bonds. The summed E-state index contributed by atoms with van der Waals surface area (Å²) in [7, 11) is 1.61. The summed E-state index contributed by atoms with van der Waals surface area (Å²) < 4.78 is 3.09. The predicted molar refractivity (Wildman–Crippen MR) is 110 cm³/mol. The van der Waals surface area contributed by atoms with E-state index in [9.17, 15) is 9.59 Å². The van der Waals surface area contributed by atoms with Gasteiger partial charge in [-0.2, -0.15) is 5.10 Å². The van der Waals surface area contributed by atoms with E-state index in [-0.39, 0.29) is 11.5 Å². The zero-order chi connectivity index (χ0) is 19.8. The molecule has 2 heterocycles. The van der Waals surface area contributed by atoms with Gasteiger partial charge in [0.1, 0.15) is 11.6 Å². The normalized spacial score (nSPS) is 12.4. The Labute approximate surface area is 166 Å². The van der Waals surface area contributed by atoms with Crippen LogP contribution in [0.3, 0.4) is 0 Å². The van der Waals surface area contributed by atoms with Crippen LogP contribution < -0.4 is 10.9 Å². The van der Waals surface area contributed by atoms with Gasteiger partial charge in [0, 0.05) is 29.4 Å². The van der Waals surface area contributed by atoms with Gasteiger partial charge < -0.3 is 9.88 Å². The molecule has 4 aromatic rings. The number of hydrogen-bond donors (Lipinski definition) is 1. The lowest BCUT2D eigenvalue weighted by Gasteiger charge is -2.16. The zero-order valence-corrected chi connectivity index (χ0v) is 16.3. The van der Waals surface area contributed by atoms with E-state index in [1.54, 1.807) is 36.9 Å². The molecule has 1 atom stereocenters. The lowest BCUT2D eigenvalue weighted by Crippen LogP contribution is -2.32. The first-order chi connectivity index (χ1) is 13.5. The molecule has 1 N–H and O–H groups in total. The van der Waals surface area contributed by atoms with Gasteiger partial charge in [-0.25, -0.2) is 4.68 Å². The SMILES string of the molecule is C[C@@H](C(=O)NCc1ccc(Cl)cc1)n1c2ccccc2c2cnn(C)c(=O)c21. The van der Waals surface area contributed by atoms with Crippen molar-refractivity contribution in [2.75, 3.05) is 0 Å². The molecular formula is C21H19ClN4O2. The number of hydrogen-bond acceptors (Lipinski definition) is 3. The summed E-state index contributed by atoms with van der Waals surface area (Å²) in [5.74, 6) is -0.170. The van der Waals surface area contributed by atoms with Crippen molar-refractivity contribution >= 4 is 39.3 Å². The number of rotatable bonds is 4. The number of nitrogens with zero attached hydrogens (tertiary/aromatic N) is 3. The molecule has 0 spiro atoms. The number of aryl methyl sites for hydroxylation is 1. The molecular weight excluding hydrogens is 376 g/mol. The van der Waals surface area contributed by atoms with Gasteiger partial charge >= 0.3 is 0 Å². The minimum atomic E-state index is -0.565. The predicted octanol–water partition coefficient (Wildman–Crippen LogP) is 3.42. The Hall–Kier alpha value is -3.12. The second-order valence-electron chi connectivity index (χ2n) is 6.74. The highest BCUT2D eigenvalue weighted by Crippen LogP contribution is 2.29. The summed E-state index contributed by atoms with van der Waals surface area (Å²) in [6.07, 6.45) is 1.67. The minimum Gasteiger partial charge on any atom is -0.350 e. The minimum absolute atomic E-state index is 0.170. The number of carbonyl (C=O) groups excluding carboxylic acids is 1. The van der Waals surface area contributed by atoms with E-state index < -0.39 is 6.04 Å². The Morgan fingerprint density at radius 1 is 1.14 bits per heavy atom. The van der Waals surface area contributed by atoms with Crippen LogP contribution in [0.1, 0.15) is 18.5 Å². The highest BCUT2D eigenvalue weighted by Gasteiger charge is 2.23. The first-order valence-corrected chi connectivity index (χ1v) is 9.32. The van der Waals surface area contributed by atoms with E-state index >= 15 is 0 Å². The highest BCUT2D eigenvalue weighted by molar-refractivity contribution is 6.30. The van der Waals surface area contributed by atoms with Crippen LogP contribution in [0.15, 0.2) is 59.5 Å². The molecule has 0 fully saturated rings. The average Bonchev–Trinajstić information content (AvgIpc) is 3.04. The maximum absolute atomic E-state index is 12.9. The number of nitrogens with one attached hydrogen (secondary N) is 1. The van der Waals surface area contributed by atoms with E-state index in [4.69, 9.17) is 11.6 Å². The molecule has 2 aromatic carbocycles. The Morgan fingerprint density at radius 2 is 1.86 bits per heavy atom. The Morgan fingerprint density at radius 3 is 2.61 bits per heavy atom. The van der Waals surface area contributed by atoms with Gasteiger partial charge in [-0.15, -0.1) is 0 Å². The first kappa shape index (κ1) is 18.3. The second kappa shape index (κ2) is 7.13. The number of carbonyl (C=O) groups is 1. The van der Waals surface area contributed by atoms with Crippen molar-refractivity contribution in [1.82, 2.24) is 19.7 Å². The topological polar surface area (TPSA) is 68.9 Å². The van der Waals surface area contributed by atoms with Crippen molar-refractivity contribution in [3.8, 4) is 0 Å². The molecule has 0 aliphatic carbocycles. The maximum Gasteiger partial charge on any atom is 0.291 e. The van der Waals surface area contributed by atoms with Crippen molar-refractivity contribution in [3.05, 3.63) is 75.7 Å². The monoisotopic (exact) mass is 394 g/mol. The molecule has 2 aromatic heterocycles. The van der Waals surface area contributed by atoms with Crippen LogP contribution in [0.4, 0.5) is 0 Å². The number of aromatic nitrogens is 3. The van der Waals surface area contributed by atoms with Crippen LogP contribution in [-0.2, 0) is 18.4 Å². The van der Waals surface area contributed by atoms with E-state index in [0.717, 1.165) is 21.9 Å². The Kier molecular flexibility index (Phi) is 4.65. The van der Waals surface area contributed by atoms with Crippen LogP contribution in [0.5, 0.6) is 0 Å².